The topological polar surface area (TPSA) is 51.2 Å². The summed E-state index contributed by atoms with van der Waals surface area (Å²) in [6.07, 6.45) is 3.68. The molecule has 1 heterocycles. The van der Waals surface area contributed by atoms with Gasteiger partial charge in [0, 0.05) is 6.04 Å². The highest BCUT2D eigenvalue weighted by molar-refractivity contribution is 7.14. The number of aromatic nitrogens is 1. The van der Waals surface area contributed by atoms with E-state index in [2.05, 4.69) is 17.2 Å². The summed E-state index contributed by atoms with van der Waals surface area (Å²) < 4.78 is 4.97. The SMILES string of the molecule is CCCC1CC1Nc1scnc1C(=O)OCC. The summed E-state index contributed by atoms with van der Waals surface area (Å²) in [5.74, 6) is 0.432. The van der Waals surface area contributed by atoms with Gasteiger partial charge in [-0.1, -0.05) is 13.3 Å². The minimum Gasteiger partial charge on any atom is -0.461 e. The number of nitrogens with one attached hydrogen (secondary N) is 1. The zero-order valence-corrected chi connectivity index (χ0v) is 11.0. The quantitative estimate of drug-likeness (QED) is 0.793. The van der Waals surface area contributed by atoms with E-state index in [-0.39, 0.29) is 5.97 Å². The molecule has 0 spiro atoms. The largest absolute Gasteiger partial charge is 0.461 e. The van der Waals surface area contributed by atoms with Crippen molar-refractivity contribution in [3.05, 3.63) is 11.2 Å². The lowest BCUT2D eigenvalue weighted by atomic mass is 10.2. The van der Waals surface area contributed by atoms with Crippen molar-refractivity contribution in [2.75, 3.05) is 11.9 Å². The van der Waals surface area contributed by atoms with Gasteiger partial charge in [0.1, 0.15) is 5.00 Å². The molecule has 17 heavy (non-hydrogen) atoms. The predicted molar refractivity (Wildman–Crippen MR) is 68.5 cm³/mol. The minimum absolute atomic E-state index is 0.330. The second-order valence-electron chi connectivity index (χ2n) is 4.29. The molecule has 0 amide bonds. The van der Waals surface area contributed by atoms with Crippen LogP contribution in [0.3, 0.4) is 0 Å². The average molecular weight is 254 g/mol. The van der Waals surface area contributed by atoms with Crippen LogP contribution < -0.4 is 5.32 Å². The van der Waals surface area contributed by atoms with Crippen LogP contribution in [-0.4, -0.2) is 23.6 Å². The van der Waals surface area contributed by atoms with Crippen molar-refractivity contribution in [2.24, 2.45) is 5.92 Å². The molecule has 5 heteroatoms. The lowest BCUT2D eigenvalue weighted by Crippen LogP contribution is -2.11. The number of ether oxygens (including phenoxy) is 1. The van der Waals surface area contributed by atoms with Crippen molar-refractivity contribution >= 4 is 22.3 Å². The molecule has 1 fully saturated rings. The molecule has 1 aromatic rings. The van der Waals surface area contributed by atoms with Crippen LogP contribution >= 0.6 is 11.3 Å². The average Bonchev–Trinajstić information content (AvgIpc) is 2.86. The summed E-state index contributed by atoms with van der Waals surface area (Å²) in [4.78, 5) is 15.7. The molecule has 1 aliphatic rings. The van der Waals surface area contributed by atoms with Crippen LogP contribution in [0.4, 0.5) is 5.00 Å². The van der Waals surface area contributed by atoms with Gasteiger partial charge >= 0.3 is 5.97 Å². The van der Waals surface area contributed by atoms with Crippen molar-refractivity contribution in [1.29, 1.82) is 0 Å². The van der Waals surface area contributed by atoms with Gasteiger partial charge in [-0.3, -0.25) is 0 Å². The van der Waals surface area contributed by atoms with Crippen LogP contribution in [0.5, 0.6) is 0 Å². The fraction of sp³-hybridized carbons (Fsp3) is 0.667. The predicted octanol–water partition coefficient (Wildman–Crippen LogP) is 2.92. The summed E-state index contributed by atoms with van der Waals surface area (Å²) in [5.41, 5.74) is 2.12. The van der Waals surface area contributed by atoms with E-state index in [4.69, 9.17) is 4.74 Å². The van der Waals surface area contributed by atoms with Crippen molar-refractivity contribution in [1.82, 2.24) is 4.98 Å². The van der Waals surface area contributed by atoms with Crippen LogP contribution in [0.25, 0.3) is 0 Å². The molecule has 4 nitrogen and oxygen atoms in total. The van der Waals surface area contributed by atoms with Gasteiger partial charge < -0.3 is 10.1 Å². The first-order valence-corrected chi connectivity index (χ1v) is 7.01. The molecule has 0 bridgehead atoms. The van der Waals surface area contributed by atoms with E-state index < -0.39 is 0 Å². The Bertz CT molecular complexity index is 392. The third kappa shape index (κ3) is 2.97. The summed E-state index contributed by atoms with van der Waals surface area (Å²) in [7, 11) is 0. The molecule has 1 saturated carbocycles. The number of hydrogen-bond acceptors (Lipinski definition) is 5. The third-order valence-electron chi connectivity index (χ3n) is 2.93. The molecule has 1 aromatic heterocycles. The normalized spacial score (nSPS) is 22.2. The molecule has 1 N–H and O–H groups in total. The van der Waals surface area contributed by atoms with Gasteiger partial charge in [0.2, 0.25) is 0 Å². The number of hydrogen-bond donors (Lipinski definition) is 1. The number of thiazole rings is 1. The highest BCUT2D eigenvalue weighted by Crippen LogP contribution is 2.38. The van der Waals surface area contributed by atoms with Crippen molar-refractivity contribution in [3.8, 4) is 0 Å². The first kappa shape index (κ1) is 12.4. The van der Waals surface area contributed by atoms with Crippen molar-refractivity contribution in [3.63, 3.8) is 0 Å². The molecule has 0 saturated heterocycles. The summed E-state index contributed by atoms with van der Waals surface area (Å²) in [6.45, 7) is 4.39. The first-order valence-electron chi connectivity index (χ1n) is 6.13. The van der Waals surface area contributed by atoms with Crippen LogP contribution in [-0.2, 0) is 4.74 Å². The van der Waals surface area contributed by atoms with E-state index in [9.17, 15) is 4.79 Å². The number of nitrogens with zero attached hydrogens (tertiary/aromatic N) is 1. The zero-order valence-electron chi connectivity index (χ0n) is 10.2. The lowest BCUT2D eigenvalue weighted by Gasteiger charge is -2.05. The fourth-order valence-electron chi connectivity index (χ4n) is 1.98. The Morgan fingerprint density at radius 1 is 1.65 bits per heavy atom. The Hall–Kier alpha value is -1.10. The van der Waals surface area contributed by atoms with Gasteiger partial charge in [0.05, 0.1) is 12.1 Å². The molecule has 0 aliphatic heterocycles. The molecule has 0 radical (unpaired) electrons. The van der Waals surface area contributed by atoms with Gasteiger partial charge in [0.15, 0.2) is 5.69 Å². The molecular formula is C12H18N2O2S. The maximum absolute atomic E-state index is 11.6. The Balaban J connectivity index is 1.93. The minimum atomic E-state index is -0.330. The molecule has 2 atom stereocenters. The highest BCUT2D eigenvalue weighted by atomic mass is 32.1. The highest BCUT2D eigenvalue weighted by Gasteiger charge is 2.37. The molecule has 1 aliphatic carbocycles. The second kappa shape index (κ2) is 5.49. The number of carbonyl (C=O) groups excluding carboxylic acids is 1. The van der Waals surface area contributed by atoms with E-state index >= 15 is 0 Å². The monoisotopic (exact) mass is 254 g/mol. The van der Waals surface area contributed by atoms with Crippen LogP contribution in [0.2, 0.25) is 0 Å². The van der Waals surface area contributed by atoms with E-state index in [1.807, 2.05) is 0 Å². The Morgan fingerprint density at radius 3 is 3.18 bits per heavy atom. The summed E-state index contributed by atoms with van der Waals surface area (Å²) in [6, 6.07) is 0.517. The van der Waals surface area contributed by atoms with Crippen LogP contribution in [0.1, 0.15) is 43.6 Å². The summed E-state index contributed by atoms with van der Waals surface area (Å²) in [5, 5.41) is 4.25. The molecule has 2 rings (SSSR count). The summed E-state index contributed by atoms with van der Waals surface area (Å²) >= 11 is 1.47. The Morgan fingerprint density at radius 2 is 2.47 bits per heavy atom. The smallest absolute Gasteiger partial charge is 0.360 e. The van der Waals surface area contributed by atoms with E-state index in [0.29, 0.717) is 18.3 Å². The van der Waals surface area contributed by atoms with Crippen molar-refractivity contribution < 1.29 is 9.53 Å². The number of rotatable bonds is 6. The van der Waals surface area contributed by atoms with Gasteiger partial charge in [0.25, 0.3) is 0 Å². The maximum Gasteiger partial charge on any atom is 0.360 e. The van der Waals surface area contributed by atoms with E-state index in [0.717, 1.165) is 10.9 Å². The van der Waals surface area contributed by atoms with Crippen molar-refractivity contribution in [2.45, 2.75) is 39.2 Å². The van der Waals surface area contributed by atoms with Gasteiger partial charge in [-0.25, -0.2) is 9.78 Å². The Kier molecular flexibility index (Phi) is 3.99. The van der Waals surface area contributed by atoms with Gasteiger partial charge in [-0.2, -0.15) is 0 Å². The number of carbonyl (C=O) groups is 1. The molecule has 94 valence electrons. The second-order valence-corrected chi connectivity index (χ2v) is 5.14. The molecule has 2 unspecified atom stereocenters. The lowest BCUT2D eigenvalue weighted by molar-refractivity contribution is 0.0521. The van der Waals surface area contributed by atoms with E-state index in [1.54, 1.807) is 12.4 Å². The van der Waals surface area contributed by atoms with Crippen LogP contribution in [0.15, 0.2) is 5.51 Å². The van der Waals surface area contributed by atoms with Gasteiger partial charge in [-0.05, 0) is 25.7 Å². The third-order valence-corrected chi connectivity index (χ3v) is 3.69. The zero-order chi connectivity index (χ0) is 12.3. The Labute approximate surface area is 105 Å². The van der Waals surface area contributed by atoms with Crippen LogP contribution in [0, 0.1) is 5.92 Å². The fourth-order valence-corrected chi connectivity index (χ4v) is 2.71. The van der Waals surface area contributed by atoms with E-state index in [1.165, 1.54) is 30.6 Å². The number of esters is 1. The maximum atomic E-state index is 11.6. The first-order chi connectivity index (χ1) is 8.26. The number of anilines is 1. The molecular weight excluding hydrogens is 236 g/mol. The standard InChI is InChI=1S/C12H18N2O2S/c1-3-5-8-6-9(8)14-11-10(13-7-17-11)12(15)16-4-2/h7-9,14H,3-6H2,1-2H3. The molecule has 0 aromatic carbocycles. The van der Waals surface area contributed by atoms with Gasteiger partial charge in [-0.15, -0.1) is 11.3 Å².